The Morgan fingerprint density at radius 1 is 1.41 bits per heavy atom. The summed E-state index contributed by atoms with van der Waals surface area (Å²) >= 11 is 1.60. The molecule has 0 aromatic carbocycles. The highest BCUT2D eigenvalue weighted by atomic mass is 32.1. The standard InChI is InChI=1S/C18H21FN6OS/c1-11(26)5-16-20-7-14(27-16)9-24-4-3-13(8-24)6-15-17(19)12(2)23-18-21-10-22-25(15)18/h7,10,13H,3-6,8-9H2,1-2H3. The van der Waals surface area contributed by atoms with Crippen molar-refractivity contribution in [2.45, 2.75) is 39.7 Å². The largest absolute Gasteiger partial charge is 0.300 e. The number of aryl methyl sites for hydroxylation is 1. The maximum Gasteiger partial charge on any atom is 0.252 e. The van der Waals surface area contributed by atoms with Crippen molar-refractivity contribution in [2.24, 2.45) is 5.92 Å². The molecule has 1 aliphatic heterocycles. The van der Waals surface area contributed by atoms with E-state index in [0.29, 0.717) is 35.9 Å². The average molecular weight is 388 g/mol. The number of aromatic nitrogens is 5. The van der Waals surface area contributed by atoms with E-state index in [1.807, 2.05) is 6.20 Å². The smallest absolute Gasteiger partial charge is 0.252 e. The Labute approximate surface area is 160 Å². The number of carbonyl (C=O) groups excluding carboxylic acids is 1. The lowest BCUT2D eigenvalue weighted by Crippen LogP contribution is -2.21. The molecule has 1 unspecified atom stereocenters. The molecule has 7 nitrogen and oxygen atoms in total. The first-order valence-corrected chi connectivity index (χ1v) is 9.81. The first-order chi connectivity index (χ1) is 13.0. The highest BCUT2D eigenvalue weighted by Crippen LogP contribution is 2.25. The number of fused-ring (bicyclic) bond motifs is 1. The second-order valence-corrected chi connectivity index (χ2v) is 8.32. The van der Waals surface area contributed by atoms with Crippen molar-refractivity contribution in [2.75, 3.05) is 13.1 Å². The summed E-state index contributed by atoms with van der Waals surface area (Å²) in [6.45, 7) is 5.94. The average Bonchev–Trinajstić information content (AvgIpc) is 3.33. The Bertz CT molecular complexity index is 984. The molecule has 1 saturated heterocycles. The van der Waals surface area contributed by atoms with Gasteiger partial charge in [0.25, 0.3) is 5.78 Å². The minimum Gasteiger partial charge on any atom is -0.300 e. The Hall–Kier alpha value is -2.26. The summed E-state index contributed by atoms with van der Waals surface area (Å²) in [5.41, 5.74) is 0.923. The third-order valence-corrected chi connectivity index (χ3v) is 5.84. The number of hydrogen-bond acceptors (Lipinski definition) is 7. The second kappa shape index (κ2) is 7.40. The van der Waals surface area contributed by atoms with Crippen LogP contribution in [0.25, 0.3) is 5.78 Å². The van der Waals surface area contributed by atoms with E-state index in [-0.39, 0.29) is 11.6 Å². The summed E-state index contributed by atoms with van der Waals surface area (Å²) in [5, 5.41) is 5.00. The Morgan fingerprint density at radius 2 is 2.26 bits per heavy atom. The van der Waals surface area contributed by atoms with Crippen LogP contribution in [0.15, 0.2) is 12.5 Å². The van der Waals surface area contributed by atoms with Crippen LogP contribution in [0, 0.1) is 18.7 Å². The maximum absolute atomic E-state index is 14.6. The quantitative estimate of drug-likeness (QED) is 0.645. The number of ketones is 1. The fourth-order valence-corrected chi connectivity index (χ4v) is 4.65. The lowest BCUT2D eigenvalue weighted by atomic mass is 10.0. The molecule has 0 bridgehead atoms. The van der Waals surface area contributed by atoms with Gasteiger partial charge in [0.2, 0.25) is 0 Å². The molecule has 1 fully saturated rings. The van der Waals surface area contributed by atoms with Crippen molar-refractivity contribution in [3.05, 3.63) is 39.6 Å². The van der Waals surface area contributed by atoms with Gasteiger partial charge >= 0.3 is 0 Å². The highest BCUT2D eigenvalue weighted by Gasteiger charge is 2.26. The van der Waals surface area contributed by atoms with E-state index < -0.39 is 0 Å². The van der Waals surface area contributed by atoms with Crippen LogP contribution in [0.3, 0.4) is 0 Å². The maximum atomic E-state index is 14.6. The summed E-state index contributed by atoms with van der Waals surface area (Å²) in [6.07, 6.45) is 5.30. The molecular weight excluding hydrogens is 367 g/mol. The summed E-state index contributed by atoms with van der Waals surface area (Å²) in [4.78, 5) is 27.3. The summed E-state index contributed by atoms with van der Waals surface area (Å²) < 4.78 is 16.1. The Balaban J connectivity index is 1.42. The Morgan fingerprint density at radius 3 is 3.07 bits per heavy atom. The monoisotopic (exact) mass is 388 g/mol. The van der Waals surface area contributed by atoms with Gasteiger partial charge < -0.3 is 0 Å². The van der Waals surface area contributed by atoms with Crippen LogP contribution in [-0.4, -0.2) is 48.3 Å². The predicted octanol–water partition coefficient (Wildman–Crippen LogP) is 2.22. The minimum atomic E-state index is -0.289. The van der Waals surface area contributed by atoms with Gasteiger partial charge in [0, 0.05) is 24.2 Å². The van der Waals surface area contributed by atoms with Crippen molar-refractivity contribution < 1.29 is 9.18 Å². The normalized spacial score (nSPS) is 17.8. The van der Waals surface area contributed by atoms with E-state index in [9.17, 15) is 9.18 Å². The molecule has 3 aromatic rings. The molecule has 0 aliphatic carbocycles. The minimum absolute atomic E-state index is 0.131. The van der Waals surface area contributed by atoms with Crippen LogP contribution in [0.2, 0.25) is 0 Å². The SMILES string of the molecule is CC(=O)Cc1ncc(CN2CCC(Cc3c(F)c(C)nc4ncnn34)C2)s1. The van der Waals surface area contributed by atoms with Gasteiger partial charge in [0.05, 0.1) is 17.8 Å². The number of halogens is 1. The number of carbonyl (C=O) groups is 1. The number of likely N-dealkylation sites (tertiary alicyclic amines) is 1. The number of hydrogen-bond donors (Lipinski definition) is 0. The van der Waals surface area contributed by atoms with Gasteiger partial charge in [-0.25, -0.2) is 14.4 Å². The fraction of sp³-hybridized carbons (Fsp3) is 0.500. The van der Waals surface area contributed by atoms with Crippen LogP contribution in [0.5, 0.6) is 0 Å². The third-order valence-electron chi connectivity index (χ3n) is 4.86. The van der Waals surface area contributed by atoms with Crippen molar-refractivity contribution in [3.63, 3.8) is 0 Å². The third kappa shape index (κ3) is 3.89. The van der Waals surface area contributed by atoms with Gasteiger partial charge in [0.1, 0.15) is 17.1 Å². The molecule has 0 N–H and O–H groups in total. The first kappa shape index (κ1) is 18.1. The molecule has 9 heteroatoms. The summed E-state index contributed by atoms with van der Waals surface area (Å²) in [5.74, 6) is 0.647. The zero-order valence-corrected chi connectivity index (χ0v) is 16.2. The molecule has 1 atom stereocenters. The van der Waals surface area contributed by atoms with E-state index in [1.165, 1.54) is 10.8 Å². The molecular formula is C18H21FN6OS. The predicted molar refractivity (Wildman–Crippen MR) is 99.1 cm³/mol. The molecule has 1 aliphatic rings. The molecule has 0 amide bonds. The van der Waals surface area contributed by atoms with Gasteiger partial charge in [-0.2, -0.15) is 14.6 Å². The first-order valence-electron chi connectivity index (χ1n) is 8.99. The topological polar surface area (TPSA) is 76.3 Å². The fourth-order valence-electron chi connectivity index (χ4n) is 3.61. The van der Waals surface area contributed by atoms with Gasteiger partial charge in [0.15, 0.2) is 5.82 Å². The van der Waals surface area contributed by atoms with E-state index in [1.54, 1.807) is 25.2 Å². The van der Waals surface area contributed by atoms with Crippen molar-refractivity contribution in [3.8, 4) is 0 Å². The van der Waals surface area contributed by atoms with Crippen molar-refractivity contribution >= 4 is 22.9 Å². The van der Waals surface area contributed by atoms with Crippen LogP contribution < -0.4 is 0 Å². The lowest BCUT2D eigenvalue weighted by molar-refractivity contribution is -0.116. The van der Waals surface area contributed by atoms with E-state index in [2.05, 4.69) is 25.0 Å². The van der Waals surface area contributed by atoms with Gasteiger partial charge in [-0.3, -0.25) is 9.69 Å². The molecule has 3 aromatic heterocycles. The van der Waals surface area contributed by atoms with Crippen molar-refractivity contribution in [1.82, 2.24) is 29.5 Å². The van der Waals surface area contributed by atoms with E-state index >= 15 is 0 Å². The zero-order valence-electron chi connectivity index (χ0n) is 15.4. The molecule has 4 rings (SSSR count). The van der Waals surface area contributed by atoms with E-state index in [4.69, 9.17) is 0 Å². The highest BCUT2D eigenvalue weighted by molar-refractivity contribution is 7.11. The number of thiazole rings is 1. The molecule has 0 spiro atoms. The van der Waals surface area contributed by atoms with Crippen LogP contribution in [0.4, 0.5) is 4.39 Å². The Kier molecular flexibility index (Phi) is 4.96. The number of nitrogens with zero attached hydrogens (tertiary/aromatic N) is 6. The lowest BCUT2D eigenvalue weighted by Gasteiger charge is -2.15. The molecule has 4 heterocycles. The summed E-state index contributed by atoms with van der Waals surface area (Å²) in [6, 6.07) is 0. The van der Waals surface area contributed by atoms with Gasteiger partial charge in [-0.1, -0.05) is 0 Å². The van der Waals surface area contributed by atoms with Gasteiger partial charge in [-0.05, 0) is 39.2 Å². The molecule has 142 valence electrons. The summed E-state index contributed by atoms with van der Waals surface area (Å²) in [7, 11) is 0. The van der Waals surface area contributed by atoms with Gasteiger partial charge in [-0.15, -0.1) is 11.3 Å². The number of rotatable bonds is 6. The van der Waals surface area contributed by atoms with Crippen molar-refractivity contribution in [1.29, 1.82) is 0 Å². The van der Waals surface area contributed by atoms with E-state index in [0.717, 1.165) is 35.9 Å². The van der Waals surface area contributed by atoms with Crippen LogP contribution in [-0.2, 0) is 24.2 Å². The number of Topliss-reactive ketones (excluding diaryl/α,β-unsaturated/α-hetero) is 1. The molecule has 0 saturated carbocycles. The molecule has 0 radical (unpaired) electrons. The van der Waals surface area contributed by atoms with Crippen LogP contribution in [0.1, 0.15) is 34.6 Å². The zero-order chi connectivity index (χ0) is 19.0. The van der Waals surface area contributed by atoms with Crippen LogP contribution >= 0.6 is 11.3 Å². The second-order valence-electron chi connectivity index (χ2n) is 7.12. The molecule has 27 heavy (non-hydrogen) atoms.